The number of aromatic nitrogens is 2. The van der Waals surface area contributed by atoms with Crippen molar-refractivity contribution in [3.8, 4) is 11.1 Å². The number of halogens is 1. The molecule has 65 valence electrons. The maximum atomic E-state index is 5.86. The Balaban J connectivity index is 2.46. The van der Waals surface area contributed by atoms with Crippen molar-refractivity contribution in [2.24, 2.45) is 7.05 Å². The summed E-state index contributed by atoms with van der Waals surface area (Å²) in [5.41, 5.74) is 2.01. The first-order valence-corrected chi connectivity index (χ1v) is 4.31. The van der Waals surface area contributed by atoms with Crippen molar-refractivity contribution in [1.29, 1.82) is 0 Å². The molecule has 13 heavy (non-hydrogen) atoms. The van der Waals surface area contributed by atoms with Gasteiger partial charge >= 0.3 is 0 Å². The van der Waals surface area contributed by atoms with Crippen molar-refractivity contribution in [3.05, 3.63) is 41.7 Å². The molecule has 0 bridgehead atoms. The van der Waals surface area contributed by atoms with Gasteiger partial charge in [0, 0.05) is 23.8 Å². The topological polar surface area (TPSA) is 17.8 Å². The summed E-state index contributed by atoms with van der Waals surface area (Å²) in [5, 5.41) is 4.70. The lowest BCUT2D eigenvalue weighted by atomic mass is 10.1. The van der Waals surface area contributed by atoms with Gasteiger partial charge in [-0.1, -0.05) is 23.7 Å². The van der Waals surface area contributed by atoms with Crippen molar-refractivity contribution >= 4 is 11.6 Å². The molecule has 0 spiro atoms. The molecule has 0 aliphatic carbocycles. The lowest BCUT2D eigenvalue weighted by molar-refractivity contribution is 0.765. The summed E-state index contributed by atoms with van der Waals surface area (Å²) in [7, 11) is 1.87. The third kappa shape index (κ3) is 1.73. The molecular weight excluding hydrogens is 184 g/mol. The Morgan fingerprint density at radius 3 is 2.92 bits per heavy atom. The fourth-order valence-electron chi connectivity index (χ4n) is 1.17. The second-order valence-electron chi connectivity index (χ2n) is 2.84. The highest BCUT2D eigenvalue weighted by molar-refractivity contribution is 6.30. The Kier molecular flexibility index (Phi) is 2.07. The number of hydrogen-bond donors (Lipinski definition) is 0. The van der Waals surface area contributed by atoms with Crippen LogP contribution >= 0.6 is 11.6 Å². The van der Waals surface area contributed by atoms with Crippen LogP contribution in [0.25, 0.3) is 11.1 Å². The molecule has 0 saturated heterocycles. The standard InChI is InChI=1S/C10H8ClN2/c1-13-7-9(6-12-13)8-3-2-4-10(11)5-8/h2-5,7H,1H3. The van der Waals surface area contributed by atoms with E-state index in [2.05, 4.69) is 11.3 Å². The monoisotopic (exact) mass is 191 g/mol. The van der Waals surface area contributed by atoms with Gasteiger partial charge < -0.3 is 0 Å². The summed E-state index contributed by atoms with van der Waals surface area (Å²) in [6.07, 6.45) is 4.81. The fourth-order valence-corrected chi connectivity index (χ4v) is 1.36. The largest absolute Gasteiger partial charge is 0.274 e. The Bertz CT molecular complexity index is 420. The Labute approximate surface area is 81.8 Å². The molecule has 3 heteroatoms. The van der Waals surface area contributed by atoms with Crippen LogP contribution in [-0.2, 0) is 7.05 Å². The van der Waals surface area contributed by atoms with Gasteiger partial charge in [0.25, 0.3) is 0 Å². The molecule has 2 nitrogen and oxygen atoms in total. The highest BCUT2D eigenvalue weighted by Crippen LogP contribution is 2.21. The van der Waals surface area contributed by atoms with Crippen molar-refractivity contribution < 1.29 is 0 Å². The van der Waals surface area contributed by atoms with Gasteiger partial charge in [-0.3, -0.25) is 4.68 Å². The van der Waals surface area contributed by atoms with Gasteiger partial charge in [0.15, 0.2) is 0 Å². The molecule has 2 rings (SSSR count). The van der Waals surface area contributed by atoms with Crippen molar-refractivity contribution in [2.75, 3.05) is 0 Å². The number of rotatable bonds is 1. The van der Waals surface area contributed by atoms with Crippen LogP contribution in [0, 0.1) is 6.20 Å². The first-order chi connectivity index (χ1) is 6.25. The summed E-state index contributed by atoms with van der Waals surface area (Å²) >= 11 is 5.86. The van der Waals surface area contributed by atoms with E-state index in [0.29, 0.717) is 0 Å². The van der Waals surface area contributed by atoms with Gasteiger partial charge in [0.2, 0.25) is 0 Å². The normalized spacial score (nSPS) is 10.3. The van der Waals surface area contributed by atoms with Crippen molar-refractivity contribution in [2.45, 2.75) is 0 Å². The van der Waals surface area contributed by atoms with Crippen LogP contribution in [0.2, 0.25) is 5.02 Å². The molecular formula is C10H8ClN2. The lowest BCUT2D eigenvalue weighted by Gasteiger charge is -1.95. The maximum Gasteiger partial charge on any atom is 0.121 e. The van der Waals surface area contributed by atoms with Crippen LogP contribution in [0.15, 0.2) is 30.5 Å². The molecule has 1 aromatic carbocycles. The minimum absolute atomic E-state index is 0.731. The first-order valence-electron chi connectivity index (χ1n) is 3.93. The average Bonchev–Trinajstić information content (AvgIpc) is 2.52. The molecule has 1 aromatic heterocycles. The van der Waals surface area contributed by atoms with E-state index in [-0.39, 0.29) is 0 Å². The minimum Gasteiger partial charge on any atom is -0.274 e. The van der Waals surface area contributed by atoms with Gasteiger partial charge in [0.1, 0.15) is 6.20 Å². The van der Waals surface area contributed by atoms with Crippen molar-refractivity contribution in [1.82, 2.24) is 9.78 Å². The molecule has 0 aliphatic heterocycles. The zero-order valence-corrected chi connectivity index (χ0v) is 7.92. The highest BCUT2D eigenvalue weighted by Gasteiger charge is 2.00. The van der Waals surface area contributed by atoms with Gasteiger partial charge in [0.05, 0.1) is 0 Å². The predicted octanol–water partition coefficient (Wildman–Crippen LogP) is 2.54. The molecule has 0 aliphatic rings. The number of nitrogens with zero attached hydrogens (tertiary/aromatic N) is 2. The summed E-state index contributed by atoms with van der Waals surface area (Å²) < 4.78 is 1.72. The fraction of sp³-hybridized carbons (Fsp3) is 0.100. The molecule has 0 N–H and O–H groups in total. The smallest absolute Gasteiger partial charge is 0.121 e. The van der Waals surface area contributed by atoms with E-state index in [4.69, 9.17) is 11.6 Å². The second-order valence-corrected chi connectivity index (χ2v) is 3.28. The van der Waals surface area contributed by atoms with Gasteiger partial charge in [-0.25, -0.2) is 0 Å². The maximum absolute atomic E-state index is 5.86. The van der Waals surface area contributed by atoms with E-state index in [0.717, 1.165) is 16.1 Å². The van der Waals surface area contributed by atoms with Crippen molar-refractivity contribution in [3.63, 3.8) is 0 Å². The zero-order chi connectivity index (χ0) is 9.26. The van der Waals surface area contributed by atoms with Gasteiger partial charge in [-0.05, 0) is 17.7 Å². The highest BCUT2D eigenvalue weighted by atomic mass is 35.5. The number of hydrogen-bond acceptors (Lipinski definition) is 1. The van der Waals surface area contributed by atoms with Crippen LogP contribution in [0.3, 0.4) is 0 Å². The second kappa shape index (κ2) is 3.23. The van der Waals surface area contributed by atoms with E-state index in [1.807, 2.05) is 37.5 Å². The van der Waals surface area contributed by atoms with Gasteiger partial charge in [-0.2, -0.15) is 5.10 Å². The van der Waals surface area contributed by atoms with Crippen LogP contribution in [0.1, 0.15) is 0 Å². The molecule has 0 fully saturated rings. The molecule has 0 unspecified atom stereocenters. The molecule has 0 amide bonds. The van der Waals surface area contributed by atoms with E-state index in [1.54, 1.807) is 4.68 Å². The summed E-state index contributed by atoms with van der Waals surface area (Å²) in [6.45, 7) is 0. The van der Waals surface area contributed by atoms with Crippen LogP contribution < -0.4 is 0 Å². The quantitative estimate of drug-likeness (QED) is 0.678. The summed E-state index contributed by atoms with van der Waals surface area (Å²) in [5.74, 6) is 0. The SMILES string of the molecule is Cn1cc(-c2cccc(Cl)c2)[c]n1. The lowest BCUT2D eigenvalue weighted by Crippen LogP contribution is -1.84. The Morgan fingerprint density at radius 1 is 1.46 bits per heavy atom. The van der Waals surface area contributed by atoms with Crippen LogP contribution in [-0.4, -0.2) is 9.78 Å². The molecule has 0 atom stereocenters. The third-order valence-electron chi connectivity index (χ3n) is 1.78. The van der Waals surface area contributed by atoms with E-state index in [9.17, 15) is 0 Å². The average molecular weight is 192 g/mol. The first kappa shape index (κ1) is 8.32. The van der Waals surface area contributed by atoms with Gasteiger partial charge in [-0.15, -0.1) is 0 Å². The molecule has 2 aromatic rings. The van der Waals surface area contributed by atoms with Crippen LogP contribution in [0.5, 0.6) is 0 Å². The predicted molar refractivity (Wildman–Crippen MR) is 52.5 cm³/mol. The zero-order valence-electron chi connectivity index (χ0n) is 7.16. The summed E-state index contributed by atoms with van der Waals surface area (Å²) in [6, 6.07) is 7.65. The van der Waals surface area contributed by atoms with E-state index < -0.39 is 0 Å². The molecule has 1 radical (unpaired) electrons. The Hall–Kier alpha value is -1.28. The molecule has 1 heterocycles. The number of aryl methyl sites for hydroxylation is 1. The number of benzene rings is 1. The minimum atomic E-state index is 0.731. The summed E-state index contributed by atoms with van der Waals surface area (Å²) in [4.78, 5) is 0. The third-order valence-corrected chi connectivity index (χ3v) is 2.01. The molecule has 0 saturated carbocycles. The van der Waals surface area contributed by atoms with Crippen LogP contribution in [0.4, 0.5) is 0 Å². The van der Waals surface area contributed by atoms with E-state index in [1.165, 1.54) is 0 Å². The Morgan fingerprint density at radius 2 is 2.31 bits per heavy atom. The van der Waals surface area contributed by atoms with E-state index >= 15 is 0 Å².